The lowest BCUT2D eigenvalue weighted by atomic mass is 10.2. The molecule has 0 fully saturated rings. The van der Waals surface area contributed by atoms with Crippen molar-refractivity contribution in [2.45, 2.75) is 17.3 Å². The Hall–Kier alpha value is -3.41. The number of benzene rings is 2. The van der Waals surface area contributed by atoms with Gasteiger partial charge in [-0.15, -0.1) is 5.10 Å². The van der Waals surface area contributed by atoms with Crippen LogP contribution >= 0.6 is 11.8 Å². The second-order valence-electron chi connectivity index (χ2n) is 5.96. The van der Waals surface area contributed by atoms with Crippen molar-refractivity contribution in [1.82, 2.24) is 25.5 Å². The molecule has 2 amide bonds. The lowest BCUT2D eigenvalue weighted by molar-refractivity contribution is -0.123. The van der Waals surface area contributed by atoms with E-state index in [0.29, 0.717) is 16.9 Å². The monoisotopic (exact) mass is 436 g/mol. The Morgan fingerprint density at radius 3 is 2.57 bits per heavy atom. The highest BCUT2D eigenvalue weighted by Crippen LogP contribution is 2.23. The minimum absolute atomic E-state index is 0.372. The molecule has 1 heterocycles. The van der Waals surface area contributed by atoms with E-state index in [9.17, 15) is 22.8 Å². The fourth-order valence-corrected chi connectivity index (χ4v) is 3.16. The number of tetrazole rings is 1. The molecule has 1 atom stereocenters. The highest BCUT2D eigenvalue weighted by molar-refractivity contribution is 8.00. The molecule has 0 saturated carbocycles. The Kier molecular flexibility index (Phi) is 6.67. The summed E-state index contributed by atoms with van der Waals surface area (Å²) >= 11 is 1.07. The molecule has 2 N–H and O–H groups in total. The van der Waals surface area contributed by atoms with Crippen LogP contribution in [0.3, 0.4) is 0 Å². The molecule has 1 unspecified atom stereocenters. The number of nitrogens with one attached hydrogen (secondary N) is 2. The predicted octanol–water partition coefficient (Wildman–Crippen LogP) is 2.32. The van der Waals surface area contributed by atoms with Crippen LogP contribution in [0.4, 0.5) is 18.9 Å². The molecule has 30 heavy (non-hydrogen) atoms. The molecule has 0 aliphatic carbocycles. The maximum Gasteiger partial charge on any atom is 0.243 e. The summed E-state index contributed by atoms with van der Waals surface area (Å²) in [6, 6.07) is 10.6. The van der Waals surface area contributed by atoms with Gasteiger partial charge in [0.2, 0.25) is 17.0 Å². The van der Waals surface area contributed by atoms with Gasteiger partial charge in [0.1, 0.15) is 0 Å². The summed E-state index contributed by atoms with van der Waals surface area (Å²) in [5.41, 5.74) is 0.183. The quantitative estimate of drug-likeness (QED) is 0.435. The van der Waals surface area contributed by atoms with Gasteiger partial charge in [-0.1, -0.05) is 30.0 Å². The third-order valence-corrected chi connectivity index (χ3v) is 4.86. The normalized spacial score (nSPS) is 11.7. The molecule has 12 heteroatoms. The Morgan fingerprint density at radius 1 is 1.10 bits per heavy atom. The minimum atomic E-state index is -1.70. The van der Waals surface area contributed by atoms with Crippen LogP contribution in [0.15, 0.2) is 47.6 Å². The number of amides is 2. The van der Waals surface area contributed by atoms with Gasteiger partial charge in [-0.25, -0.2) is 13.2 Å². The topological polar surface area (TPSA) is 102 Å². The zero-order valence-corrected chi connectivity index (χ0v) is 16.3. The third kappa shape index (κ3) is 4.95. The van der Waals surface area contributed by atoms with Crippen molar-refractivity contribution in [3.63, 3.8) is 0 Å². The fraction of sp³-hybridized carbons (Fsp3) is 0.167. The van der Waals surface area contributed by atoms with Crippen LogP contribution in [0.2, 0.25) is 0 Å². The Bertz CT molecular complexity index is 1060. The molecule has 156 valence electrons. The van der Waals surface area contributed by atoms with Crippen LogP contribution in [0.1, 0.15) is 6.92 Å². The van der Waals surface area contributed by atoms with E-state index in [-0.39, 0.29) is 0 Å². The number of halogens is 3. The molecule has 0 bridgehead atoms. The highest BCUT2D eigenvalue weighted by Gasteiger charge is 2.20. The van der Waals surface area contributed by atoms with Crippen molar-refractivity contribution in [2.75, 3.05) is 11.9 Å². The number of carbonyl (C=O) groups is 2. The van der Waals surface area contributed by atoms with Crippen molar-refractivity contribution < 1.29 is 22.8 Å². The van der Waals surface area contributed by atoms with Gasteiger partial charge in [0.05, 0.1) is 23.2 Å². The number of anilines is 1. The van der Waals surface area contributed by atoms with Crippen molar-refractivity contribution in [2.24, 2.45) is 0 Å². The SMILES string of the molecule is CC(Sc1nnnn1-c1ccccc1)C(=O)NCC(=O)Nc1ccc(F)c(F)c1F. The van der Waals surface area contributed by atoms with E-state index in [0.717, 1.165) is 17.8 Å². The molecule has 3 aromatic rings. The summed E-state index contributed by atoms with van der Waals surface area (Å²) in [5, 5.41) is 15.5. The molecule has 0 radical (unpaired) electrons. The van der Waals surface area contributed by atoms with E-state index in [4.69, 9.17) is 0 Å². The molecule has 2 aromatic carbocycles. The summed E-state index contributed by atoms with van der Waals surface area (Å²) < 4.78 is 41.2. The van der Waals surface area contributed by atoms with Gasteiger partial charge in [-0.3, -0.25) is 9.59 Å². The highest BCUT2D eigenvalue weighted by atomic mass is 32.2. The van der Waals surface area contributed by atoms with E-state index in [1.165, 1.54) is 4.68 Å². The van der Waals surface area contributed by atoms with Crippen LogP contribution < -0.4 is 10.6 Å². The summed E-state index contributed by atoms with van der Waals surface area (Å²) in [6.45, 7) is 1.10. The van der Waals surface area contributed by atoms with Gasteiger partial charge in [-0.2, -0.15) is 4.68 Å². The van der Waals surface area contributed by atoms with Crippen LogP contribution in [-0.2, 0) is 9.59 Å². The van der Waals surface area contributed by atoms with Crippen LogP contribution in [0.25, 0.3) is 5.69 Å². The number of para-hydroxylation sites is 1. The first kappa shape index (κ1) is 21.3. The largest absolute Gasteiger partial charge is 0.346 e. The summed E-state index contributed by atoms with van der Waals surface area (Å²) in [4.78, 5) is 24.2. The fourth-order valence-electron chi connectivity index (χ4n) is 2.32. The summed E-state index contributed by atoms with van der Waals surface area (Å²) in [6.07, 6.45) is 0. The van der Waals surface area contributed by atoms with Crippen molar-refractivity contribution in [3.05, 3.63) is 59.9 Å². The second kappa shape index (κ2) is 9.39. The molecule has 3 rings (SSSR count). The number of thioether (sulfide) groups is 1. The van der Waals surface area contributed by atoms with Crippen molar-refractivity contribution >= 4 is 29.3 Å². The maximum absolute atomic E-state index is 13.6. The van der Waals surface area contributed by atoms with E-state index in [1.807, 2.05) is 18.2 Å². The number of hydrogen-bond acceptors (Lipinski definition) is 6. The van der Waals surface area contributed by atoms with E-state index in [1.54, 1.807) is 19.1 Å². The molecule has 0 saturated heterocycles. The number of hydrogen-bond donors (Lipinski definition) is 2. The first-order valence-corrected chi connectivity index (χ1v) is 9.46. The van der Waals surface area contributed by atoms with Gasteiger partial charge in [0.15, 0.2) is 17.5 Å². The van der Waals surface area contributed by atoms with Gasteiger partial charge >= 0.3 is 0 Å². The Labute approximate surface area is 172 Å². The Balaban J connectivity index is 1.55. The molecule has 0 aliphatic rings. The molecule has 1 aromatic heterocycles. The first-order chi connectivity index (χ1) is 14.4. The summed E-state index contributed by atoms with van der Waals surface area (Å²) in [7, 11) is 0. The molecule has 0 spiro atoms. The van der Waals surface area contributed by atoms with Crippen molar-refractivity contribution in [3.8, 4) is 5.69 Å². The van der Waals surface area contributed by atoms with Crippen LogP contribution in [0, 0.1) is 17.5 Å². The van der Waals surface area contributed by atoms with E-state index in [2.05, 4.69) is 26.2 Å². The molecule has 0 aliphatic heterocycles. The van der Waals surface area contributed by atoms with Gasteiger partial charge in [0.25, 0.3) is 0 Å². The van der Waals surface area contributed by atoms with Crippen LogP contribution in [-0.4, -0.2) is 43.8 Å². The summed E-state index contributed by atoms with van der Waals surface area (Å²) in [5.74, 6) is -5.89. The lowest BCUT2D eigenvalue weighted by Crippen LogP contribution is -2.37. The number of rotatable bonds is 7. The van der Waals surface area contributed by atoms with E-state index >= 15 is 0 Å². The average molecular weight is 436 g/mol. The smallest absolute Gasteiger partial charge is 0.243 e. The average Bonchev–Trinajstić information content (AvgIpc) is 3.21. The zero-order valence-electron chi connectivity index (χ0n) is 15.5. The van der Waals surface area contributed by atoms with Gasteiger partial charge < -0.3 is 10.6 Å². The predicted molar refractivity (Wildman–Crippen MR) is 102 cm³/mol. The van der Waals surface area contributed by atoms with E-state index < -0.39 is 46.7 Å². The second-order valence-corrected chi connectivity index (χ2v) is 7.27. The zero-order chi connectivity index (χ0) is 21.7. The van der Waals surface area contributed by atoms with Crippen LogP contribution in [0.5, 0.6) is 0 Å². The standard InChI is InChI=1S/C18H15F3N6O2S/c1-10(30-18-24-25-26-27(18)11-5-3-2-4-6-11)17(29)22-9-14(28)23-13-8-7-12(19)15(20)16(13)21/h2-8,10H,9H2,1H3,(H,22,29)(H,23,28). The first-order valence-electron chi connectivity index (χ1n) is 8.58. The number of aromatic nitrogens is 4. The number of carbonyl (C=O) groups excluding carboxylic acids is 2. The molecular weight excluding hydrogens is 421 g/mol. The molecule has 8 nitrogen and oxygen atoms in total. The number of nitrogens with zero attached hydrogens (tertiary/aromatic N) is 4. The third-order valence-electron chi connectivity index (χ3n) is 3.83. The maximum atomic E-state index is 13.6. The Morgan fingerprint density at radius 2 is 1.83 bits per heavy atom. The van der Waals surface area contributed by atoms with Crippen molar-refractivity contribution in [1.29, 1.82) is 0 Å². The minimum Gasteiger partial charge on any atom is -0.346 e. The lowest BCUT2D eigenvalue weighted by Gasteiger charge is -2.12. The van der Waals surface area contributed by atoms with Gasteiger partial charge in [-0.05, 0) is 41.6 Å². The van der Waals surface area contributed by atoms with Gasteiger partial charge in [0, 0.05) is 0 Å². The molecular formula is C18H15F3N6O2S.